The first-order chi connectivity index (χ1) is 17.4. The summed E-state index contributed by atoms with van der Waals surface area (Å²) in [5.74, 6) is 1.42. The van der Waals surface area contributed by atoms with Crippen LogP contribution in [-0.2, 0) is 0 Å². The number of hydrogen-bond donors (Lipinski definition) is 0. The topological polar surface area (TPSA) is 73.1 Å². The van der Waals surface area contributed by atoms with Gasteiger partial charge in [-0.3, -0.25) is 9.69 Å². The number of aromatic nitrogens is 2. The molecule has 0 radical (unpaired) electrons. The van der Waals surface area contributed by atoms with Crippen LogP contribution in [-0.4, -0.2) is 57.4 Å². The molecule has 2 bridgehead atoms. The smallest absolute Gasteiger partial charge is 0.253 e. The van der Waals surface area contributed by atoms with E-state index in [-0.39, 0.29) is 11.9 Å². The summed E-state index contributed by atoms with van der Waals surface area (Å²) in [6.07, 6.45) is 5.10. The first kappa shape index (κ1) is 23.4. The third-order valence-electron chi connectivity index (χ3n) is 8.51. The summed E-state index contributed by atoms with van der Waals surface area (Å²) in [6.45, 7) is 2.43. The van der Waals surface area contributed by atoms with Gasteiger partial charge in [0, 0.05) is 47.1 Å². The zero-order valence-electron chi connectivity index (χ0n) is 20.7. The van der Waals surface area contributed by atoms with E-state index in [4.69, 9.17) is 21.8 Å². The Morgan fingerprint density at radius 1 is 1.11 bits per heavy atom. The normalized spacial score (nSPS) is 27.1. The fourth-order valence-electron chi connectivity index (χ4n) is 6.58. The molecule has 36 heavy (non-hydrogen) atoms. The van der Waals surface area contributed by atoms with Crippen molar-refractivity contribution in [2.24, 2.45) is 0 Å². The van der Waals surface area contributed by atoms with Gasteiger partial charge in [0.15, 0.2) is 0 Å². The molecule has 184 valence electrons. The quantitative estimate of drug-likeness (QED) is 0.436. The van der Waals surface area contributed by atoms with Crippen LogP contribution in [0, 0.1) is 18.3 Å². The highest BCUT2D eigenvalue weighted by Gasteiger charge is 2.44. The van der Waals surface area contributed by atoms with Crippen LogP contribution in [0.2, 0.25) is 5.02 Å². The lowest BCUT2D eigenvalue weighted by atomic mass is 9.95. The molecule has 3 heterocycles. The Bertz CT molecular complexity index is 1370. The lowest BCUT2D eigenvalue weighted by Crippen LogP contribution is -2.50. The number of benzene rings is 2. The minimum absolute atomic E-state index is 0.0198. The number of nitriles is 1. The summed E-state index contributed by atoms with van der Waals surface area (Å²) < 4.78 is 0. The number of piperidine rings is 1. The number of carbonyl (C=O) groups excluding carboxylic acids is 1. The zero-order chi connectivity index (χ0) is 25.0. The molecule has 7 heteroatoms. The summed E-state index contributed by atoms with van der Waals surface area (Å²) in [7, 11) is 1.91. The molecule has 3 aliphatic rings. The number of amides is 1. The highest BCUT2D eigenvalue weighted by molar-refractivity contribution is 6.31. The molecule has 6 nitrogen and oxygen atoms in total. The Labute approximate surface area is 216 Å². The molecule has 2 aliphatic heterocycles. The summed E-state index contributed by atoms with van der Waals surface area (Å²) in [6, 6.07) is 17.3. The molecule has 3 aromatic rings. The van der Waals surface area contributed by atoms with E-state index in [2.05, 4.69) is 22.0 Å². The maximum absolute atomic E-state index is 13.4. The second kappa shape index (κ2) is 9.14. The monoisotopic (exact) mass is 499 g/mol. The van der Waals surface area contributed by atoms with E-state index in [0.717, 1.165) is 60.1 Å². The molecule has 3 fully saturated rings. The number of carbonyl (C=O) groups is 1. The van der Waals surface area contributed by atoms with Crippen molar-refractivity contribution in [1.29, 1.82) is 5.26 Å². The summed E-state index contributed by atoms with van der Waals surface area (Å²) >= 11 is 6.77. The molecule has 0 spiro atoms. The van der Waals surface area contributed by atoms with E-state index in [9.17, 15) is 4.79 Å². The van der Waals surface area contributed by atoms with Crippen molar-refractivity contribution in [3.63, 3.8) is 0 Å². The van der Waals surface area contributed by atoms with Crippen LogP contribution in [0.4, 0.5) is 0 Å². The van der Waals surface area contributed by atoms with Gasteiger partial charge in [0.1, 0.15) is 5.82 Å². The zero-order valence-corrected chi connectivity index (χ0v) is 21.4. The number of para-hydroxylation sites is 1. The molecule has 2 saturated heterocycles. The molecule has 4 unspecified atom stereocenters. The van der Waals surface area contributed by atoms with Gasteiger partial charge in [-0.15, -0.1) is 0 Å². The Kier molecular flexibility index (Phi) is 5.94. The summed E-state index contributed by atoms with van der Waals surface area (Å²) in [5.41, 5.74) is 3.80. The molecule has 0 N–H and O–H groups in total. The van der Waals surface area contributed by atoms with Crippen LogP contribution < -0.4 is 0 Å². The standard InChI is InChI=1S/C29H30ClN5O/c1-17-32-27-6-4-3-5-23(27)28(33-17)25-16-24(25)22-10-7-18(13-26(22)30)29(36)34(2)21-14-19-8-9-20(15-21)35(19)12-11-31/h3-7,10,13,19-21,24-25H,8-9,12,14-16H2,1-2H3. The van der Waals surface area contributed by atoms with Crippen LogP contribution in [0.3, 0.4) is 0 Å². The van der Waals surface area contributed by atoms with Crippen LogP contribution >= 0.6 is 11.6 Å². The van der Waals surface area contributed by atoms with Gasteiger partial charge in [-0.05, 0) is 68.7 Å². The number of aryl methyl sites for hydroxylation is 1. The van der Waals surface area contributed by atoms with Crippen LogP contribution in [0.15, 0.2) is 42.5 Å². The van der Waals surface area contributed by atoms with Crippen LogP contribution in [0.1, 0.15) is 71.4 Å². The highest BCUT2D eigenvalue weighted by atomic mass is 35.5. The maximum atomic E-state index is 13.4. The largest absolute Gasteiger partial charge is 0.339 e. The van der Waals surface area contributed by atoms with Gasteiger partial charge in [-0.2, -0.15) is 5.26 Å². The van der Waals surface area contributed by atoms with Crippen molar-refractivity contribution < 1.29 is 4.79 Å². The molecule has 6 rings (SSSR count). The minimum atomic E-state index is 0.0198. The van der Waals surface area contributed by atoms with E-state index < -0.39 is 0 Å². The highest BCUT2D eigenvalue weighted by Crippen LogP contribution is 2.56. The van der Waals surface area contributed by atoms with Crippen molar-refractivity contribution >= 4 is 28.4 Å². The van der Waals surface area contributed by atoms with E-state index in [1.54, 1.807) is 0 Å². The fraction of sp³-hybridized carbons (Fsp3) is 0.448. The number of rotatable bonds is 5. The first-order valence-electron chi connectivity index (χ1n) is 12.9. The Morgan fingerprint density at radius 3 is 2.58 bits per heavy atom. The first-order valence-corrected chi connectivity index (χ1v) is 13.2. The molecule has 2 aromatic carbocycles. The Balaban J connectivity index is 1.18. The molecular formula is C29H30ClN5O. The summed E-state index contributed by atoms with van der Waals surface area (Å²) in [4.78, 5) is 27.0. The predicted octanol–water partition coefficient (Wildman–Crippen LogP) is 5.45. The number of hydrogen-bond acceptors (Lipinski definition) is 5. The van der Waals surface area contributed by atoms with Crippen molar-refractivity contribution in [2.75, 3.05) is 13.6 Å². The molecule has 1 amide bonds. The van der Waals surface area contributed by atoms with Crippen molar-refractivity contribution in [2.45, 2.75) is 69.0 Å². The number of halogens is 1. The van der Waals surface area contributed by atoms with E-state index in [1.807, 2.05) is 55.3 Å². The third-order valence-corrected chi connectivity index (χ3v) is 8.84. The third kappa shape index (κ3) is 4.05. The lowest BCUT2D eigenvalue weighted by molar-refractivity contribution is 0.0535. The van der Waals surface area contributed by atoms with E-state index >= 15 is 0 Å². The van der Waals surface area contributed by atoms with Gasteiger partial charge < -0.3 is 4.90 Å². The molecule has 4 atom stereocenters. The van der Waals surface area contributed by atoms with Crippen LogP contribution in [0.5, 0.6) is 0 Å². The number of fused-ring (bicyclic) bond motifs is 3. The minimum Gasteiger partial charge on any atom is -0.339 e. The summed E-state index contributed by atoms with van der Waals surface area (Å²) in [5, 5.41) is 10.9. The maximum Gasteiger partial charge on any atom is 0.253 e. The van der Waals surface area contributed by atoms with E-state index in [1.165, 1.54) is 0 Å². The van der Waals surface area contributed by atoms with Gasteiger partial charge in [0.05, 0.1) is 23.8 Å². The fourth-order valence-corrected chi connectivity index (χ4v) is 6.90. The van der Waals surface area contributed by atoms with E-state index in [0.29, 0.717) is 41.1 Å². The Hall–Kier alpha value is -3.01. The van der Waals surface area contributed by atoms with Gasteiger partial charge in [-0.1, -0.05) is 35.9 Å². The molecule has 1 saturated carbocycles. The SMILES string of the molecule is Cc1nc(C2CC2c2ccc(C(=O)N(C)C3CC4CCC(C3)N4CC#N)cc2Cl)c2ccccc2n1. The molecule has 1 aliphatic carbocycles. The van der Waals surface area contributed by atoms with Gasteiger partial charge in [0.25, 0.3) is 5.91 Å². The van der Waals surface area contributed by atoms with Crippen molar-refractivity contribution in [3.05, 3.63) is 70.1 Å². The van der Waals surface area contributed by atoms with Crippen molar-refractivity contribution in [3.8, 4) is 6.07 Å². The lowest BCUT2D eigenvalue weighted by Gasteiger charge is -2.41. The second-order valence-corrected chi connectivity index (χ2v) is 11.0. The van der Waals surface area contributed by atoms with Gasteiger partial charge in [-0.25, -0.2) is 9.97 Å². The Morgan fingerprint density at radius 2 is 1.86 bits per heavy atom. The molecule has 1 aromatic heterocycles. The van der Waals surface area contributed by atoms with Crippen LogP contribution in [0.25, 0.3) is 10.9 Å². The average molecular weight is 500 g/mol. The second-order valence-electron chi connectivity index (χ2n) is 10.6. The average Bonchev–Trinajstić information content (AvgIpc) is 3.63. The predicted molar refractivity (Wildman–Crippen MR) is 140 cm³/mol. The van der Waals surface area contributed by atoms with Gasteiger partial charge >= 0.3 is 0 Å². The number of nitrogens with zero attached hydrogens (tertiary/aromatic N) is 5. The van der Waals surface area contributed by atoms with Crippen molar-refractivity contribution in [1.82, 2.24) is 19.8 Å². The van der Waals surface area contributed by atoms with Gasteiger partial charge in [0.2, 0.25) is 0 Å². The molecular weight excluding hydrogens is 470 g/mol.